The lowest BCUT2D eigenvalue weighted by molar-refractivity contribution is -0.127. The summed E-state index contributed by atoms with van der Waals surface area (Å²) < 4.78 is 16.5. The summed E-state index contributed by atoms with van der Waals surface area (Å²) in [5, 5.41) is 5.54. The first-order valence-electron chi connectivity index (χ1n) is 9.55. The lowest BCUT2D eigenvalue weighted by Crippen LogP contribution is -2.42. The van der Waals surface area contributed by atoms with E-state index in [1.54, 1.807) is 47.4 Å². The molecule has 4 rings (SSSR count). The van der Waals surface area contributed by atoms with E-state index in [0.717, 1.165) is 0 Å². The summed E-state index contributed by atoms with van der Waals surface area (Å²) in [5.41, 5.74) is 1.09. The summed E-state index contributed by atoms with van der Waals surface area (Å²) in [7, 11) is 0. The molecule has 0 saturated carbocycles. The summed E-state index contributed by atoms with van der Waals surface area (Å²) in [4.78, 5) is 26.9. The zero-order valence-corrected chi connectivity index (χ0v) is 16.9. The van der Waals surface area contributed by atoms with Gasteiger partial charge in [0.25, 0.3) is 0 Å². The van der Waals surface area contributed by atoms with Gasteiger partial charge in [-0.15, -0.1) is 6.58 Å². The number of ether oxygens (including phenoxy) is 3. The molecule has 0 spiro atoms. The molecule has 0 bridgehead atoms. The van der Waals surface area contributed by atoms with Crippen LogP contribution in [0.3, 0.4) is 0 Å². The topological polar surface area (TPSA) is 89.1 Å². The maximum absolute atomic E-state index is 12.9. The molecule has 0 unspecified atom stereocenters. The van der Waals surface area contributed by atoms with Crippen molar-refractivity contribution >= 4 is 29.0 Å². The molecule has 8 heteroatoms. The second kappa shape index (κ2) is 7.62. The van der Waals surface area contributed by atoms with Crippen molar-refractivity contribution in [1.82, 2.24) is 0 Å². The standard InChI is InChI=1S/C22H23N3O5/c1-4-9-25-16-7-5-14(10-18(16)28-12-22(2,3)20(25)26)23-21(27)24-15-6-8-17-19(11-15)30-13-29-17/h4-8,10-11H,1,9,12-13H2,2-3H3,(H2,23,24,27). The van der Waals surface area contributed by atoms with E-state index in [9.17, 15) is 9.59 Å². The van der Waals surface area contributed by atoms with Crippen molar-refractivity contribution in [2.24, 2.45) is 5.41 Å². The highest BCUT2D eigenvalue weighted by Gasteiger charge is 2.37. The lowest BCUT2D eigenvalue weighted by Gasteiger charge is -2.27. The molecule has 2 N–H and O–H groups in total. The Morgan fingerprint density at radius 1 is 1.07 bits per heavy atom. The Morgan fingerprint density at radius 2 is 1.73 bits per heavy atom. The fraction of sp³-hybridized carbons (Fsp3) is 0.273. The fourth-order valence-corrected chi connectivity index (χ4v) is 3.30. The summed E-state index contributed by atoms with van der Waals surface area (Å²) in [5.74, 6) is 1.71. The SMILES string of the molecule is C=CCN1C(=O)C(C)(C)COc2cc(NC(=O)Nc3ccc4c(c3)OCO4)ccc21. The van der Waals surface area contributed by atoms with Gasteiger partial charge >= 0.3 is 6.03 Å². The van der Waals surface area contributed by atoms with Crippen LogP contribution in [0.4, 0.5) is 21.9 Å². The second-order valence-corrected chi connectivity index (χ2v) is 7.71. The third kappa shape index (κ3) is 3.76. The zero-order valence-electron chi connectivity index (χ0n) is 16.9. The third-order valence-electron chi connectivity index (χ3n) is 4.86. The van der Waals surface area contributed by atoms with Crippen LogP contribution in [0.25, 0.3) is 0 Å². The van der Waals surface area contributed by atoms with Crippen molar-refractivity contribution in [2.45, 2.75) is 13.8 Å². The van der Waals surface area contributed by atoms with Gasteiger partial charge in [-0.2, -0.15) is 0 Å². The molecular formula is C22H23N3O5. The highest BCUT2D eigenvalue weighted by Crippen LogP contribution is 2.38. The Morgan fingerprint density at radius 3 is 2.47 bits per heavy atom. The van der Waals surface area contributed by atoms with E-state index in [-0.39, 0.29) is 19.3 Å². The van der Waals surface area contributed by atoms with Crippen LogP contribution in [0.5, 0.6) is 17.2 Å². The number of hydrogen-bond acceptors (Lipinski definition) is 5. The van der Waals surface area contributed by atoms with Crippen molar-refractivity contribution in [3.63, 3.8) is 0 Å². The van der Waals surface area contributed by atoms with Gasteiger partial charge in [-0.25, -0.2) is 4.79 Å². The maximum Gasteiger partial charge on any atom is 0.323 e. The Bertz CT molecular complexity index is 1020. The van der Waals surface area contributed by atoms with Gasteiger partial charge < -0.3 is 29.7 Å². The van der Waals surface area contributed by atoms with Crippen LogP contribution in [-0.2, 0) is 4.79 Å². The fourth-order valence-electron chi connectivity index (χ4n) is 3.30. The summed E-state index contributed by atoms with van der Waals surface area (Å²) in [6.45, 7) is 8.20. The number of carbonyl (C=O) groups is 2. The molecular weight excluding hydrogens is 386 g/mol. The number of nitrogens with one attached hydrogen (secondary N) is 2. The van der Waals surface area contributed by atoms with Crippen molar-refractivity contribution in [3.05, 3.63) is 49.1 Å². The number of urea groups is 1. The molecule has 0 fully saturated rings. The van der Waals surface area contributed by atoms with Gasteiger partial charge in [-0.3, -0.25) is 4.79 Å². The van der Waals surface area contributed by atoms with E-state index in [4.69, 9.17) is 14.2 Å². The number of benzene rings is 2. The van der Waals surface area contributed by atoms with Crippen molar-refractivity contribution in [3.8, 4) is 17.2 Å². The van der Waals surface area contributed by atoms with Crippen molar-refractivity contribution in [1.29, 1.82) is 0 Å². The molecule has 30 heavy (non-hydrogen) atoms. The van der Waals surface area contributed by atoms with Crippen LogP contribution >= 0.6 is 0 Å². The maximum atomic E-state index is 12.9. The zero-order chi connectivity index (χ0) is 21.3. The van der Waals surface area contributed by atoms with Gasteiger partial charge in [-0.1, -0.05) is 6.08 Å². The van der Waals surface area contributed by atoms with Gasteiger partial charge in [0.1, 0.15) is 12.4 Å². The van der Waals surface area contributed by atoms with Crippen molar-refractivity contribution in [2.75, 3.05) is 35.5 Å². The molecule has 2 aromatic rings. The number of rotatable bonds is 4. The smallest absolute Gasteiger partial charge is 0.323 e. The van der Waals surface area contributed by atoms with E-state index in [1.165, 1.54) is 0 Å². The Hall–Kier alpha value is -3.68. The molecule has 0 aromatic heterocycles. The Kier molecular flexibility index (Phi) is 4.99. The number of hydrogen-bond donors (Lipinski definition) is 2. The first-order valence-corrected chi connectivity index (χ1v) is 9.55. The molecule has 2 aliphatic heterocycles. The monoisotopic (exact) mass is 409 g/mol. The number of carbonyl (C=O) groups excluding carboxylic acids is 2. The predicted octanol–water partition coefficient (Wildman–Crippen LogP) is 4.00. The molecule has 0 saturated heterocycles. The van der Waals surface area contributed by atoms with Crippen LogP contribution in [0, 0.1) is 5.41 Å². The predicted molar refractivity (Wildman–Crippen MR) is 113 cm³/mol. The van der Waals surface area contributed by atoms with Crippen molar-refractivity contribution < 1.29 is 23.8 Å². The van der Waals surface area contributed by atoms with Gasteiger partial charge in [0, 0.05) is 30.1 Å². The van der Waals surface area contributed by atoms with Crippen LogP contribution in [0.2, 0.25) is 0 Å². The van der Waals surface area contributed by atoms with E-state index in [0.29, 0.717) is 40.9 Å². The molecule has 2 aromatic carbocycles. The van der Waals surface area contributed by atoms with E-state index >= 15 is 0 Å². The highest BCUT2D eigenvalue weighted by molar-refractivity contribution is 6.02. The summed E-state index contributed by atoms with van der Waals surface area (Å²) in [6.07, 6.45) is 1.67. The number of amides is 3. The third-order valence-corrected chi connectivity index (χ3v) is 4.86. The number of fused-ring (bicyclic) bond motifs is 2. The van der Waals surface area contributed by atoms with Crippen LogP contribution in [0.15, 0.2) is 49.1 Å². The van der Waals surface area contributed by atoms with Crippen LogP contribution in [0.1, 0.15) is 13.8 Å². The minimum absolute atomic E-state index is 0.0394. The quantitative estimate of drug-likeness (QED) is 0.745. The van der Waals surface area contributed by atoms with E-state index in [1.807, 2.05) is 13.8 Å². The summed E-state index contributed by atoms with van der Waals surface area (Å²) >= 11 is 0. The highest BCUT2D eigenvalue weighted by atomic mass is 16.7. The average Bonchev–Trinajstić information content (AvgIpc) is 3.15. The molecule has 156 valence electrons. The molecule has 0 aliphatic carbocycles. The van der Waals surface area contributed by atoms with Gasteiger partial charge in [0.05, 0.1) is 11.1 Å². The van der Waals surface area contributed by atoms with E-state index in [2.05, 4.69) is 17.2 Å². The molecule has 8 nitrogen and oxygen atoms in total. The molecule has 2 heterocycles. The second-order valence-electron chi connectivity index (χ2n) is 7.71. The number of nitrogens with zero attached hydrogens (tertiary/aromatic N) is 1. The molecule has 3 amide bonds. The number of anilines is 3. The minimum atomic E-state index is -0.674. The average molecular weight is 409 g/mol. The normalized spacial score (nSPS) is 16.2. The van der Waals surface area contributed by atoms with Gasteiger partial charge in [0.2, 0.25) is 12.7 Å². The molecule has 0 radical (unpaired) electrons. The Labute approximate surface area is 174 Å². The molecule has 0 atom stereocenters. The van der Waals surface area contributed by atoms with Gasteiger partial charge in [0.15, 0.2) is 11.5 Å². The van der Waals surface area contributed by atoms with E-state index < -0.39 is 11.4 Å². The van der Waals surface area contributed by atoms with Gasteiger partial charge in [-0.05, 0) is 38.1 Å². The molecule has 2 aliphatic rings. The Balaban J connectivity index is 1.51. The lowest BCUT2D eigenvalue weighted by atomic mass is 9.93. The van der Waals surface area contributed by atoms with Crippen LogP contribution < -0.4 is 29.7 Å². The minimum Gasteiger partial charge on any atom is -0.490 e. The summed E-state index contributed by atoms with van der Waals surface area (Å²) in [6, 6.07) is 9.94. The van der Waals surface area contributed by atoms with Crippen LogP contribution in [-0.4, -0.2) is 31.9 Å². The largest absolute Gasteiger partial charge is 0.490 e. The first kappa shape index (κ1) is 19.6. The first-order chi connectivity index (χ1) is 14.4.